The first-order valence-corrected chi connectivity index (χ1v) is 13.1. The van der Waals surface area contributed by atoms with Crippen molar-refractivity contribution in [3.05, 3.63) is 93.3 Å². The number of sulfonamides is 1. The number of aryl methyl sites for hydroxylation is 1. The van der Waals surface area contributed by atoms with Crippen molar-refractivity contribution in [1.29, 1.82) is 0 Å². The molecule has 0 unspecified atom stereocenters. The van der Waals surface area contributed by atoms with Crippen molar-refractivity contribution in [2.24, 2.45) is 0 Å². The van der Waals surface area contributed by atoms with E-state index in [1.807, 2.05) is 12.1 Å². The van der Waals surface area contributed by atoms with Crippen LogP contribution in [0.5, 0.6) is 0 Å². The summed E-state index contributed by atoms with van der Waals surface area (Å²) in [5, 5.41) is 1.74. The van der Waals surface area contributed by atoms with Gasteiger partial charge in [-0.3, -0.25) is 13.9 Å². The van der Waals surface area contributed by atoms with Gasteiger partial charge < -0.3 is 4.74 Å². The van der Waals surface area contributed by atoms with Crippen molar-refractivity contribution in [3.63, 3.8) is 0 Å². The Bertz CT molecular complexity index is 1470. The van der Waals surface area contributed by atoms with Gasteiger partial charge in [0.05, 0.1) is 16.2 Å². The monoisotopic (exact) mass is 497 g/mol. The van der Waals surface area contributed by atoms with Gasteiger partial charge in [0.1, 0.15) is 6.61 Å². The van der Waals surface area contributed by atoms with E-state index < -0.39 is 16.0 Å². The number of carbonyl (C=O) groups excluding carboxylic acids is 1. The maximum absolute atomic E-state index is 12.8. The highest BCUT2D eigenvalue weighted by Gasteiger charge is 2.18. The van der Waals surface area contributed by atoms with E-state index in [-0.39, 0.29) is 22.6 Å². The third kappa shape index (κ3) is 5.52. The lowest BCUT2D eigenvalue weighted by Crippen LogP contribution is -2.15. The predicted molar refractivity (Wildman–Crippen MR) is 131 cm³/mol. The second-order valence-electron chi connectivity index (χ2n) is 7.65. The Morgan fingerprint density at radius 2 is 1.94 bits per heavy atom. The Balaban J connectivity index is 1.44. The zero-order valence-corrected chi connectivity index (χ0v) is 20.1. The summed E-state index contributed by atoms with van der Waals surface area (Å²) in [5.74, 6) is -0.717. The van der Waals surface area contributed by atoms with Crippen molar-refractivity contribution in [2.45, 2.75) is 37.7 Å². The predicted octanol–water partition coefficient (Wildman–Crippen LogP) is 4.26. The Hall–Kier alpha value is -3.50. The standard InChI is InChI=1S/C24H23N3O5S2/c1-2-3-5-17-8-10-19(11-9-17)26-34(30,31)21-7-4-6-18(14-21)23(29)32-16-20-15-22(28)27-12-13-33-24(27)25-20/h4,6-15,26H,2-3,5,16H2,1H3. The number of nitrogens with zero attached hydrogens (tertiary/aromatic N) is 2. The van der Waals surface area contributed by atoms with Gasteiger partial charge in [0, 0.05) is 23.3 Å². The maximum Gasteiger partial charge on any atom is 0.338 e. The summed E-state index contributed by atoms with van der Waals surface area (Å²) in [7, 11) is -3.90. The van der Waals surface area contributed by atoms with Crippen LogP contribution in [0.2, 0.25) is 0 Å². The molecule has 0 fully saturated rings. The van der Waals surface area contributed by atoms with Crippen molar-refractivity contribution < 1.29 is 17.9 Å². The SMILES string of the molecule is CCCCc1ccc(NS(=O)(=O)c2cccc(C(=O)OCc3cc(=O)n4ccsc4n3)c2)cc1. The molecule has 0 atom stereocenters. The van der Waals surface area contributed by atoms with Crippen molar-refractivity contribution in [1.82, 2.24) is 9.38 Å². The van der Waals surface area contributed by atoms with Crippen LogP contribution >= 0.6 is 11.3 Å². The highest BCUT2D eigenvalue weighted by atomic mass is 32.2. The highest BCUT2D eigenvalue weighted by molar-refractivity contribution is 7.92. The molecule has 0 saturated heterocycles. The molecule has 34 heavy (non-hydrogen) atoms. The van der Waals surface area contributed by atoms with Crippen molar-refractivity contribution in [2.75, 3.05) is 4.72 Å². The van der Waals surface area contributed by atoms with Crippen LogP contribution in [0, 0.1) is 0 Å². The van der Waals surface area contributed by atoms with E-state index in [2.05, 4.69) is 16.6 Å². The molecule has 1 N–H and O–H groups in total. The van der Waals surface area contributed by atoms with Crippen LogP contribution in [-0.4, -0.2) is 23.8 Å². The number of hydrogen-bond acceptors (Lipinski definition) is 7. The first kappa shape index (κ1) is 23.7. The van der Waals surface area contributed by atoms with E-state index >= 15 is 0 Å². The van der Waals surface area contributed by atoms with E-state index in [1.54, 1.807) is 23.7 Å². The van der Waals surface area contributed by atoms with Crippen LogP contribution in [0.25, 0.3) is 4.96 Å². The number of unbranched alkanes of at least 4 members (excludes halogenated alkanes) is 1. The Morgan fingerprint density at radius 3 is 2.71 bits per heavy atom. The number of thiazole rings is 1. The molecule has 0 aliphatic heterocycles. The summed E-state index contributed by atoms with van der Waals surface area (Å²) in [6, 6.07) is 14.1. The first-order valence-electron chi connectivity index (χ1n) is 10.7. The Labute approximate surface area is 200 Å². The molecule has 4 aromatic rings. The van der Waals surface area contributed by atoms with Gasteiger partial charge in [-0.05, 0) is 48.7 Å². The number of anilines is 1. The number of benzene rings is 2. The quantitative estimate of drug-likeness (QED) is 0.346. The molecule has 2 aromatic carbocycles. The van der Waals surface area contributed by atoms with Crippen LogP contribution in [0.1, 0.15) is 41.4 Å². The van der Waals surface area contributed by atoms with Gasteiger partial charge in [0.15, 0.2) is 4.96 Å². The van der Waals surface area contributed by atoms with Crippen LogP contribution in [0.3, 0.4) is 0 Å². The molecule has 8 nitrogen and oxygen atoms in total. The van der Waals surface area contributed by atoms with Crippen LogP contribution < -0.4 is 10.3 Å². The lowest BCUT2D eigenvalue weighted by Gasteiger charge is -2.10. The van der Waals surface area contributed by atoms with Crippen LogP contribution in [0.15, 0.2) is 75.9 Å². The van der Waals surface area contributed by atoms with Gasteiger partial charge >= 0.3 is 5.97 Å². The van der Waals surface area contributed by atoms with Gasteiger partial charge in [-0.2, -0.15) is 0 Å². The molecule has 0 amide bonds. The minimum Gasteiger partial charge on any atom is -0.456 e. The van der Waals surface area contributed by atoms with Gasteiger partial charge in [-0.1, -0.05) is 31.5 Å². The normalized spacial score (nSPS) is 11.4. The Kier molecular flexibility index (Phi) is 7.09. The van der Waals surface area contributed by atoms with E-state index in [9.17, 15) is 18.0 Å². The molecule has 2 aromatic heterocycles. The number of carbonyl (C=O) groups is 1. The zero-order chi connectivity index (χ0) is 24.1. The molecule has 0 aliphatic rings. The molecule has 10 heteroatoms. The van der Waals surface area contributed by atoms with Crippen molar-refractivity contribution >= 4 is 38.0 Å². The fourth-order valence-electron chi connectivity index (χ4n) is 3.31. The second kappa shape index (κ2) is 10.2. The van der Waals surface area contributed by atoms with Crippen LogP contribution in [0.4, 0.5) is 5.69 Å². The highest BCUT2D eigenvalue weighted by Crippen LogP contribution is 2.19. The number of hydrogen-bond donors (Lipinski definition) is 1. The summed E-state index contributed by atoms with van der Waals surface area (Å²) in [6.07, 6.45) is 4.72. The minimum atomic E-state index is -3.90. The average Bonchev–Trinajstić information content (AvgIpc) is 3.31. The zero-order valence-electron chi connectivity index (χ0n) is 18.4. The third-order valence-corrected chi connectivity index (χ3v) is 7.25. The summed E-state index contributed by atoms with van der Waals surface area (Å²) in [4.78, 5) is 29.3. The minimum absolute atomic E-state index is 0.0617. The summed E-state index contributed by atoms with van der Waals surface area (Å²) in [5.41, 5.74) is 1.70. The number of ether oxygens (including phenoxy) is 1. The van der Waals surface area contributed by atoms with E-state index in [0.29, 0.717) is 16.3 Å². The fraction of sp³-hybridized carbons (Fsp3) is 0.208. The van der Waals surface area contributed by atoms with Gasteiger partial charge in [0.25, 0.3) is 15.6 Å². The van der Waals surface area contributed by atoms with E-state index in [1.165, 1.54) is 46.1 Å². The summed E-state index contributed by atoms with van der Waals surface area (Å²) < 4.78 is 34.9. The smallest absolute Gasteiger partial charge is 0.338 e. The molecular formula is C24H23N3O5S2. The van der Waals surface area contributed by atoms with Gasteiger partial charge in [-0.15, -0.1) is 11.3 Å². The third-order valence-electron chi connectivity index (χ3n) is 5.11. The molecular weight excluding hydrogens is 474 g/mol. The van der Waals surface area contributed by atoms with Gasteiger partial charge in [0.2, 0.25) is 0 Å². The molecule has 0 radical (unpaired) electrons. The van der Waals surface area contributed by atoms with E-state index in [0.717, 1.165) is 24.8 Å². The van der Waals surface area contributed by atoms with Crippen LogP contribution in [-0.2, 0) is 27.8 Å². The molecule has 0 spiro atoms. The summed E-state index contributed by atoms with van der Waals surface area (Å²) in [6.45, 7) is 1.91. The molecule has 4 rings (SSSR count). The lowest BCUT2D eigenvalue weighted by molar-refractivity contribution is 0.0467. The Morgan fingerprint density at radius 1 is 1.15 bits per heavy atom. The first-order chi connectivity index (χ1) is 16.4. The molecule has 0 saturated carbocycles. The molecule has 2 heterocycles. The number of rotatable bonds is 9. The number of esters is 1. The second-order valence-corrected chi connectivity index (χ2v) is 10.2. The van der Waals surface area contributed by atoms with E-state index in [4.69, 9.17) is 4.74 Å². The lowest BCUT2D eigenvalue weighted by atomic mass is 10.1. The van der Waals surface area contributed by atoms with Gasteiger partial charge in [-0.25, -0.2) is 18.2 Å². The number of nitrogens with one attached hydrogen (secondary N) is 1. The number of aromatic nitrogens is 2. The molecule has 0 bridgehead atoms. The summed E-state index contributed by atoms with van der Waals surface area (Å²) >= 11 is 1.29. The molecule has 0 aliphatic carbocycles. The average molecular weight is 498 g/mol. The topological polar surface area (TPSA) is 107 Å². The number of fused-ring (bicyclic) bond motifs is 1. The maximum atomic E-state index is 12.8. The molecule has 176 valence electrons. The van der Waals surface area contributed by atoms with Crippen molar-refractivity contribution in [3.8, 4) is 0 Å². The fourth-order valence-corrected chi connectivity index (χ4v) is 5.15. The largest absolute Gasteiger partial charge is 0.456 e.